The standard InChI is InChI=1S/C16H13N4/c1-18-13-6-7-17-8-14(13)20-10-19-9-11-4-2-3-5-12(11)15(19)16(18)20/h2-8,10H,9H2,1H3/q+1. The molecule has 0 unspecified atom stereocenters. The molecule has 3 aromatic heterocycles. The third-order valence-electron chi connectivity index (χ3n) is 4.31. The van der Waals surface area contributed by atoms with Crippen molar-refractivity contribution < 1.29 is 4.57 Å². The minimum Gasteiger partial charge on any atom is -0.304 e. The summed E-state index contributed by atoms with van der Waals surface area (Å²) in [5.41, 5.74) is 7.65. The Hall–Kier alpha value is -2.62. The molecule has 0 amide bonds. The van der Waals surface area contributed by atoms with E-state index in [0.29, 0.717) is 0 Å². The lowest BCUT2D eigenvalue weighted by atomic mass is 10.1. The molecule has 1 aliphatic rings. The molecular weight excluding hydrogens is 248 g/mol. The summed E-state index contributed by atoms with van der Waals surface area (Å²) >= 11 is 0. The quantitative estimate of drug-likeness (QED) is 0.392. The van der Waals surface area contributed by atoms with E-state index in [9.17, 15) is 0 Å². The molecule has 4 aromatic rings. The van der Waals surface area contributed by atoms with E-state index in [1.54, 1.807) is 0 Å². The third-order valence-corrected chi connectivity index (χ3v) is 4.31. The van der Waals surface area contributed by atoms with Gasteiger partial charge >= 0.3 is 0 Å². The second-order valence-electron chi connectivity index (χ2n) is 5.37. The Kier molecular flexibility index (Phi) is 1.67. The third kappa shape index (κ3) is 1.04. The molecule has 4 nitrogen and oxygen atoms in total. The van der Waals surface area contributed by atoms with Gasteiger partial charge in [-0.3, -0.25) is 4.98 Å². The lowest BCUT2D eigenvalue weighted by Gasteiger charge is -1.95. The Balaban J connectivity index is 2.01. The highest BCUT2D eigenvalue weighted by molar-refractivity contribution is 5.87. The summed E-state index contributed by atoms with van der Waals surface area (Å²) in [5, 5.41) is 0. The molecule has 0 saturated heterocycles. The van der Waals surface area contributed by atoms with E-state index < -0.39 is 0 Å². The van der Waals surface area contributed by atoms with Gasteiger partial charge in [-0.2, -0.15) is 4.40 Å². The Labute approximate surface area is 115 Å². The first kappa shape index (κ1) is 10.2. The van der Waals surface area contributed by atoms with Crippen molar-refractivity contribution in [2.45, 2.75) is 6.54 Å². The SMILES string of the molecule is Cn1c2ccncc2n2c[n+]3c(c12)-c1ccccc1C3. The first-order chi connectivity index (χ1) is 9.84. The maximum absolute atomic E-state index is 4.26. The van der Waals surface area contributed by atoms with E-state index >= 15 is 0 Å². The molecule has 0 fully saturated rings. The minimum atomic E-state index is 0.953. The summed E-state index contributed by atoms with van der Waals surface area (Å²) in [6.45, 7) is 0.953. The second kappa shape index (κ2) is 3.28. The van der Waals surface area contributed by atoms with Gasteiger partial charge in [0.25, 0.3) is 12.0 Å². The average molecular weight is 261 g/mol. The van der Waals surface area contributed by atoms with E-state index in [0.717, 1.165) is 12.1 Å². The fraction of sp³-hybridized carbons (Fsp3) is 0.125. The van der Waals surface area contributed by atoms with Gasteiger partial charge in [0.05, 0.1) is 11.7 Å². The predicted molar refractivity (Wildman–Crippen MR) is 76.4 cm³/mol. The van der Waals surface area contributed by atoms with Crippen molar-refractivity contribution in [2.24, 2.45) is 7.05 Å². The van der Waals surface area contributed by atoms with Crippen molar-refractivity contribution in [3.05, 3.63) is 54.6 Å². The van der Waals surface area contributed by atoms with Gasteiger partial charge in [0.2, 0.25) is 5.69 Å². The molecule has 0 radical (unpaired) electrons. The van der Waals surface area contributed by atoms with Crippen molar-refractivity contribution in [3.8, 4) is 11.3 Å². The van der Waals surface area contributed by atoms with Crippen molar-refractivity contribution >= 4 is 16.7 Å². The number of rotatable bonds is 0. The number of imidazole rings is 2. The van der Waals surface area contributed by atoms with Crippen LogP contribution in [0.2, 0.25) is 0 Å². The molecule has 0 spiro atoms. The zero-order valence-electron chi connectivity index (χ0n) is 11.1. The summed E-state index contributed by atoms with van der Waals surface area (Å²) in [5.74, 6) is 0. The summed E-state index contributed by atoms with van der Waals surface area (Å²) in [6.07, 6.45) is 5.97. The van der Waals surface area contributed by atoms with E-state index in [1.165, 1.54) is 28.0 Å². The Bertz CT molecular complexity index is 990. The zero-order chi connectivity index (χ0) is 13.3. The smallest absolute Gasteiger partial charge is 0.255 e. The van der Waals surface area contributed by atoms with E-state index in [2.05, 4.69) is 62.2 Å². The molecule has 20 heavy (non-hydrogen) atoms. The average Bonchev–Trinajstić information content (AvgIpc) is 3.08. The normalized spacial score (nSPS) is 13.1. The summed E-state index contributed by atoms with van der Waals surface area (Å²) in [4.78, 5) is 4.26. The van der Waals surface area contributed by atoms with E-state index in [1.807, 2.05) is 12.4 Å². The molecule has 0 atom stereocenters. The first-order valence-electron chi connectivity index (χ1n) is 6.76. The van der Waals surface area contributed by atoms with Crippen molar-refractivity contribution in [1.82, 2.24) is 14.0 Å². The van der Waals surface area contributed by atoms with Gasteiger partial charge in [0.15, 0.2) is 5.52 Å². The number of nitrogens with zero attached hydrogens (tertiary/aromatic N) is 4. The van der Waals surface area contributed by atoms with Gasteiger partial charge in [0.1, 0.15) is 6.54 Å². The summed E-state index contributed by atoms with van der Waals surface area (Å²) < 4.78 is 6.82. The van der Waals surface area contributed by atoms with Crippen LogP contribution in [-0.4, -0.2) is 14.0 Å². The number of hydrogen-bond acceptors (Lipinski definition) is 1. The molecule has 0 saturated carbocycles. The van der Waals surface area contributed by atoms with Crippen LogP contribution in [0.15, 0.2) is 49.1 Å². The van der Waals surface area contributed by atoms with Gasteiger partial charge in [-0.05, 0) is 6.07 Å². The highest BCUT2D eigenvalue weighted by atomic mass is 15.2. The molecule has 96 valence electrons. The molecule has 0 N–H and O–H groups in total. The fourth-order valence-corrected chi connectivity index (χ4v) is 3.42. The topological polar surface area (TPSA) is 26.1 Å². The maximum Gasteiger partial charge on any atom is 0.255 e. The molecule has 1 aromatic carbocycles. The second-order valence-corrected chi connectivity index (χ2v) is 5.37. The summed E-state index contributed by atoms with van der Waals surface area (Å²) in [7, 11) is 2.12. The van der Waals surface area contributed by atoms with Gasteiger partial charge in [0, 0.05) is 24.4 Å². The van der Waals surface area contributed by atoms with E-state index in [4.69, 9.17) is 0 Å². The monoisotopic (exact) mass is 261 g/mol. The van der Waals surface area contributed by atoms with Crippen molar-refractivity contribution in [3.63, 3.8) is 0 Å². The van der Waals surface area contributed by atoms with Gasteiger partial charge in [-0.15, -0.1) is 0 Å². The molecule has 0 aliphatic carbocycles. The number of aromatic nitrogens is 4. The number of fused-ring (bicyclic) bond motifs is 7. The first-order valence-corrected chi connectivity index (χ1v) is 6.76. The van der Waals surface area contributed by atoms with Crippen LogP contribution in [0.5, 0.6) is 0 Å². The van der Waals surface area contributed by atoms with Crippen LogP contribution in [-0.2, 0) is 13.6 Å². The van der Waals surface area contributed by atoms with Crippen LogP contribution in [0.4, 0.5) is 0 Å². The van der Waals surface area contributed by atoms with Crippen molar-refractivity contribution in [2.75, 3.05) is 0 Å². The highest BCUT2D eigenvalue weighted by Crippen LogP contribution is 2.32. The number of pyridine rings is 1. The maximum atomic E-state index is 4.26. The van der Waals surface area contributed by atoms with Crippen LogP contribution < -0.4 is 4.57 Å². The molecule has 4 heteroatoms. The number of hydrogen-bond donors (Lipinski definition) is 0. The number of benzene rings is 1. The molecule has 4 heterocycles. The number of aryl methyl sites for hydroxylation is 1. The lowest BCUT2D eigenvalue weighted by molar-refractivity contribution is -0.671. The highest BCUT2D eigenvalue weighted by Gasteiger charge is 2.31. The van der Waals surface area contributed by atoms with Crippen LogP contribution >= 0.6 is 0 Å². The molecular formula is C16H13N4+. The fourth-order valence-electron chi connectivity index (χ4n) is 3.42. The largest absolute Gasteiger partial charge is 0.304 e. The summed E-state index contributed by atoms with van der Waals surface area (Å²) in [6, 6.07) is 10.7. The van der Waals surface area contributed by atoms with Gasteiger partial charge in [-0.25, -0.2) is 4.57 Å². The molecule has 0 bridgehead atoms. The van der Waals surface area contributed by atoms with E-state index in [-0.39, 0.29) is 0 Å². The van der Waals surface area contributed by atoms with Crippen molar-refractivity contribution in [1.29, 1.82) is 0 Å². The van der Waals surface area contributed by atoms with Crippen LogP contribution in [0, 0.1) is 0 Å². The molecule has 1 aliphatic heterocycles. The minimum absolute atomic E-state index is 0.953. The zero-order valence-corrected chi connectivity index (χ0v) is 11.1. The van der Waals surface area contributed by atoms with Crippen LogP contribution in [0.3, 0.4) is 0 Å². The van der Waals surface area contributed by atoms with Crippen LogP contribution in [0.1, 0.15) is 5.56 Å². The lowest BCUT2D eigenvalue weighted by Crippen LogP contribution is -2.29. The Morgan fingerprint density at radius 3 is 3.00 bits per heavy atom. The molecule has 5 rings (SSSR count). The Morgan fingerprint density at radius 1 is 1.15 bits per heavy atom. The van der Waals surface area contributed by atoms with Gasteiger partial charge in [-0.1, -0.05) is 24.3 Å². The van der Waals surface area contributed by atoms with Gasteiger partial charge < -0.3 is 4.57 Å². The Morgan fingerprint density at radius 2 is 2.05 bits per heavy atom. The predicted octanol–water partition coefficient (Wildman–Crippen LogP) is 2.14. The van der Waals surface area contributed by atoms with Crippen LogP contribution in [0.25, 0.3) is 27.9 Å².